The fourth-order valence-electron chi connectivity index (χ4n) is 4.12. The molecule has 1 aliphatic heterocycles. The molecule has 0 aromatic heterocycles. The fraction of sp³-hybridized carbons (Fsp3) is 0.231. The standard InChI is InChI=1S/C26H26N2O5S2/c1-17(2)35(30,31)33-23-13-7-11-21(16-23)26(24(29)27-25(34)28(26)3)20-10-5-8-18(14-20)19-9-6-12-22(15-19)32-4/h5-17H,1-4H3,(H,27,29,34). The Hall–Kier alpha value is -3.43. The van der Waals surface area contributed by atoms with E-state index in [-0.39, 0.29) is 16.8 Å². The van der Waals surface area contributed by atoms with E-state index < -0.39 is 20.9 Å². The molecule has 1 amide bonds. The number of carbonyl (C=O) groups is 1. The molecular weight excluding hydrogens is 484 g/mol. The van der Waals surface area contributed by atoms with Gasteiger partial charge in [0.15, 0.2) is 10.7 Å². The number of benzene rings is 3. The quantitative estimate of drug-likeness (QED) is 0.379. The first-order chi connectivity index (χ1) is 16.6. The van der Waals surface area contributed by atoms with E-state index in [9.17, 15) is 13.2 Å². The van der Waals surface area contributed by atoms with Crippen LogP contribution in [0.4, 0.5) is 0 Å². The van der Waals surface area contributed by atoms with Gasteiger partial charge in [-0.1, -0.05) is 42.5 Å². The van der Waals surface area contributed by atoms with Gasteiger partial charge in [-0.2, -0.15) is 8.42 Å². The van der Waals surface area contributed by atoms with Crippen LogP contribution in [0, 0.1) is 0 Å². The molecule has 0 bridgehead atoms. The normalized spacial score (nSPS) is 18.0. The molecule has 0 radical (unpaired) electrons. The van der Waals surface area contributed by atoms with E-state index in [1.165, 1.54) is 0 Å². The molecule has 3 aromatic rings. The topological polar surface area (TPSA) is 84.9 Å². The van der Waals surface area contributed by atoms with Crippen LogP contribution in [0.15, 0.2) is 72.8 Å². The molecule has 35 heavy (non-hydrogen) atoms. The van der Waals surface area contributed by atoms with E-state index in [2.05, 4.69) is 5.32 Å². The van der Waals surface area contributed by atoms with Gasteiger partial charge in [-0.3, -0.25) is 4.79 Å². The number of nitrogens with one attached hydrogen (secondary N) is 1. The van der Waals surface area contributed by atoms with Crippen LogP contribution in [0.2, 0.25) is 0 Å². The van der Waals surface area contributed by atoms with Crippen molar-refractivity contribution < 1.29 is 22.1 Å². The molecule has 0 spiro atoms. The third-order valence-corrected chi connectivity index (χ3v) is 8.04. The van der Waals surface area contributed by atoms with Gasteiger partial charge in [0.2, 0.25) is 0 Å². The minimum absolute atomic E-state index is 0.124. The summed E-state index contributed by atoms with van der Waals surface area (Å²) < 4.78 is 35.4. The number of nitrogens with zero attached hydrogens (tertiary/aromatic N) is 1. The van der Waals surface area contributed by atoms with Crippen LogP contribution in [0.1, 0.15) is 25.0 Å². The third kappa shape index (κ3) is 4.37. The summed E-state index contributed by atoms with van der Waals surface area (Å²) >= 11 is 5.43. The molecule has 1 N–H and O–H groups in total. The maximum absolute atomic E-state index is 13.6. The summed E-state index contributed by atoms with van der Waals surface area (Å²) in [7, 11) is -0.473. The zero-order valence-electron chi connectivity index (χ0n) is 19.8. The van der Waals surface area contributed by atoms with Gasteiger partial charge in [-0.15, -0.1) is 0 Å². The monoisotopic (exact) mass is 510 g/mol. The summed E-state index contributed by atoms with van der Waals surface area (Å²) in [6.07, 6.45) is 0. The maximum Gasteiger partial charge on any atom is 0.311 e. The van der Waals surface area contributed by atoms with E-state index in [1.807, 2.05) is 48.5 Å². The van der Waals surface area contributed by atoms with Gasteiger partial charge in [0.05, 0.1) is 12.4 Å². The zero-order valence-corrected chi connectivity index (χ0v) is 21.4. The summed E-state index contributed by atoms with van der Waals surface area (Å²) in [6, 6.07) is 21.8. The highest BCUT2D eigenvalue weighted by Gasteiger charge is 2.52. The van der Waals surface area contributed by atoms with Crippen LogP contribution in [0.3, 0.4) is 0 Å². The Morgan fingerprint density at radius 3 is 2.09 bits per heavy atom. The van der Waals surface area contributed by atoms with Gasteiger partial charge < -0.3 is 19.1 Å². The van der Waals surface area contributed by atoms with Crippen molar-refractivity contribution >= 4 is 33.4 Å². The molecule has 0 saturated carbocycles. The van der Waals surface area contributed by atoms with Crippen molar-refractivity contribution in [3.63, 3.8) is 0 Å². The Kier molecular flexibility index (Phi) is 6.57. The average Bonchev–Trinajstić information content (AvgIpc) is 3.07. The number of thiocarbonyl (C=S) groups is 1. The fourth-order valence-corrected chi connectivity index (χ4v) is 4.92. The number of amides is 1. The van der Waals surface area contributed by atoms with Crippen LogP contribution >= 0.6 is 12.2 Å². The number of likely N-dealkylation sites (N-methyl/N-ethyl adjacent to an activating group) is 1. The van der Waals surface area contributed by atoms with E-state index >= 15 is 0 Å². The van der Waals surface area contributed by atoms with Crippen molar-refractivity contribution in [1.29, 1.82) is 0 Å². The van der Waals surface area contributed by atoms with Crippen molar-refractivity contribution in [3.05, 3.63) is 83.9 Å². The molecule has 7 nitrogen and oxygen atoms in total. The molecule has 1 atom stereocenters. The molecule has 9 heteroatoms. The lowest BCUT2D eigenvalue weighted by Crippen LogP contribution is -2.46. The van der Waals surface area contributed by atoms with Crippen molar-refractivity contribution in [2.24, 2.45) is 0 Å². The summed E-state index contributed by atoms with van der Waals surface area (Å²) in [5, 5.41) is 2.31. The molecule has 1 heterocycles. The van der Waals surface area contributed by atoms with E-state index in [1.54, 1.807) is 57.2 Å². The van der Waals surface area contributed by atoms with Crippen molar-refractivity contribution in [1.82, 2.24) is 10.2 Å². The Bertz CT molecular complexity index is 1400. The lowest BCUT2D eigenvalue weighted by atomic mass is 9.80. The van der Waals surface area contributed by atoms with Crippen LogP contribution in [0.25, 0.3) is 11.1 Å². The molecule has 1 saturated heterocycles. The zero-order chi connectivity index (χ0) is 25.4. The molecule has 182 valence electrons. The van der Waals surface area contributed by atoms with Gasteiger partial charge in [-0.25, -0.2) is 0 Å². The van der Waals surface area contributed by atoms with Crippen LogP contribution in [-0.4, -0.2) is 43.7 Å². The summed E-state index contributed by atoms with van der Waals surface area (Å²) in [5.74, 6) is 0.505. The van der Waals surface area contributed by atoms with Crippen LogP contribution < -0.4 is 14.2 Å². The molecule has 1 aliphatic rings. The number of hydrogen-bond acceptors (Lipinski definition) is 6. The second-order valence-corrected chi connectivity index (χ2v) is 11.0. The summed E-state index contributed by atoms with van der Waals surface area (Å²) in [6.45, 7) is 3.09. The number of methoxy groups -OCH3 is 1. The number of hydrogen-bond donors (Lipinski definition) is 1. The SMILES string of the molecule is COc1cccc(-c2cccc(C3(c4cccc(OS(=O)(=O)C(C)C)c4)C(=O)NC(=S)N3C)c2)c1. The number of carbonyl (C=O) groups excluding carboxylic acids is 1. The average molecular weight is 511 g/mol. The molecule has 4 rings (SSSR count). The highest BCUT2D eigenvalue weighted by atomic mass is 32.2. The van der Waals surface area contributed by atoms with Crippen molar-refractivity contribution in [2.45, 2.75) is 24.6 Å². The first kappa shape index (κ1) is 24.7. The summed E-state index contributed by atoms with van der Waals surface area (Å²) in [5.41, 5.74) is 1.67. The van der Waals surface area contributed by atoms with Gasteiger partial charge in [0, 0.05) is 7.05 Å². The Balaban J connectivity index is 1.89. The number of rotatable bonds is 7. The molecule has 3 aromatic carbocycles. The van der Waals surface area contributed by atoms with Gasteiger partial charge >= 0.3 is 10.1 Å². The van der Waals surface area contributed by atoms with Gasteiger partial charge in [0.1, 0.15) is 11.5 Å². The van der Waals surface area contributed by atoms with E-state index in [4.69, 9.17) is 21.1 Å². The molecule has 1 fully saturated rings. The second kappa shape index (κ2) is 9.31. The first-order valence-electron chi connectivity index (χ1n) is 11.0. The van der Waals surface area contributed by atoms with Crippen LogP contribution in [-0.2, 0) is 20.5 Å². The molecule has 1 unspecified atom stereocenters. The largest absolute Gasteiger partial charge is 0.497 e. The lowest BCUT2D eigenvalue weighted by Gasteiger charge is -2.35. The van der Waals surface area contributed by atoms with Crippen molar-refractivity contribution in [3.8, 4) is 22.6 Å². The van der Waals surface area contributed by atoms with E-state index in [0.29, 0.717) is 11.1 Å². The third-order valence-electron chi connectivity index (χ3n) is 6.08. The number of ether oxygens (including phenoxy) is 1. The first-order valence-corrected chi connectivity index (χ1v) is 12.9. The van der Waals surface area contributed by atoms with E-state index in [0.717, 1.165) is 16.9 Å². The highest BCUT2D eigenvalue weighted by Crippen LogP contribution is 2.41. The second-order valence-electron chi connectivity index (χ2n) is 8.49. The molecule has 0 aliphatic carbocycles. The Morgan fingerprint density at radius 1 is 0.914 bits per heavy atom. The summed E-state index contributed by atoms with van der Waals surface area (Å²) in [4.78, 5) is 15.2. The molecular formula is C26H26N2O5S2. The Morgan fingerprint density at radius 2 is 1.49 bits per heavy atom. The highest BCUT2D eigenvalue weighted by molar-refractivity contribution is 7.87. The van der Waals surface area contributed by atoms with Crippen LogP contribution in [0.5, 0.6) is 11.5 Å². The smallest absolute Gasteiger partial charge is 0.311 e. The van der Waals surface area contributed by atoms with Crippen molar-refractivity contribution in [2.75, 3.05) is 14.2 Å². The Labute approximate surface area is 210 Å². The minimum Gasteiger partial charge on any atom is -0.497 e. The minimum atomic E-state index is -3.81. The van der Waals surface area contributed by atoms with Gasteiger partial charge in [0.25, 0.3) is 5.91 Å². The predicted molar refractivity (Wildman–Crippen MR) is 139 cm³/mol. The lowest BCUT2D eigenvalue weighted by molar-refractivity contribution is -0.124. The maximum atomic E-state index is 13.6. The van der Waals surface area contributed by atoms with Gasteiger partial charge in [-0.05, 0) is 78.7 Å². The predicted octanol–water partition coefficient (Wildman–Crippen LogP) is 4.07.